The molecule has 4 nitrogen and oxygen atoms in total. The van der Waals surface area contributed by atoms with Gasteiger partial charge in [0.15, 0.2) is 0 Å². The fraction of sp³-hybridized carbons (Fsp3) is 0.118. The Morgan fingerprint density at radius 2 is 1.83 bits per heavy atom. The minimum absolute atomic E-state index is 0.311. The summed E-state index contributed by atoms with van der Waals surface area (Å²) in [4.78, 5) is 10.5. The summed E-state index contributed by atoms with van der Waals surface area (Å²) in [6.45, 7) is 0.638. The van der Waals surface area contributed by atoms with Gasteiger partial charge in [-0.15, -0.1) is 0 Å². The number of rotatable bonds is 7. The molecule has 120 valence electrons. The fourth-order valence-electron chi connectivity index (χ4n) is 1.75. The van der Waals surface area contributed by atoms with E-state index in [0.29, 0.717) is 29.2 Å². The maximum Gasteiger partial charge on any atom is 0.328 e. The molecule has 0 amide bonds. The number of aliphatic carboxylic acids is 1. The zero-order chi connectivity index (χ0) is 16.7. The first kappa shape index (κ1) is 17.0. The van der Waals surface area contributed by atoms with E-state index in [1.54, 1.807) is 30.3 Å². The van der Waals surface area contributed by atoms with E-state index < -0.39 is 5.97 Å². The normalized spacial score (nSPS) is 10.7. The molecule has 2 aromatic carbocycles. The standard InChI is InChI=1S/C17H14BrFO4/c18-15-11-12(2-8-17(20)21)1-7-16(15)23-10-9-22-14-5-3-13(19)4-6-14/h1-8,11H,9-10H2,(H,20,21). The van der Waals surface area contributed by atoms with Crippen molar-refractivity contribution in [3.63, 3.8) is 0 Å². The third-order valence-electron chi connectivity index (χ3n) is 2.80. The second kappa shape index (κ2) is 8.33. The van der Waals surface area contributed by atoms with Gasteiger partial charge in [0.05, 0.1) is 4.47 Å². The number of ether oxygens (including phenoxy) is 2. The molecule has 2 aromatic rings. The molecule has 2 rings (SSSR count). The van der Waals surface area contributed by atoms with E-state index >= 15 is 0 Å². The summed E-state index contributed by atoms with van der Waals surface area (Å²) in [6, 6.07) is 11.0. The van der Waals surface area contributed by atoms with E-state index in [9.17, 15) is 9.18 Å². The van der Waals surface area contributed by atoms with Gasteiger partial charge < -0.3 is 14.6 Å². The number of halogens is 2. The van der Waals surface area contributed by atoms with Crippen molar-refractivity contribution in [3.8, 4) is 11.5 Å². The Hall–Kier alpha value is -2.34. The summed E-state index contributed by atoms with van der Waals surface area (Å²) >= 11 is 3.37. The van der Waals surface area contributed by atoms with Gasteiger partial charge in [-0.1, -0.05) is 6.07 Å². The van der Waals surface area contributed by atoms with Crippen molar-refractivity contribution in [2.24, 2.45) is 0 Å². The molecule has 0 unspecified atom stereocenters. The minimum atomic E-state index is -1.00. The minimum Gasteiger partial charge on any atom is -0.490 e. The third kappa shape index (κ3) is 5.75. The van der Waals surface area contributed by atoms with Crippen molar-refractivity contribution >= 4 is 28.0 Å². The average molecular weight is 381 g/mol. The highest BCUT2D eigenvalue weighted by molar-refractivity contribution is 9.10. The van der Waals surface area contributed by atoms with E-state index in [1.807, 2.05) is 0 Å². The van der Waals surface area contributed by atoms with Crippen LogP contribution in [0.1, 0.15) is 5.56 Å². The maximum absolute atomic E-state index is 12.7. The predicted molar refractivity (Wildman–Crippen MR) is 88.2 cm³/mol. The third-order valence-corrected chi connectivity index (χ3v) is 3.42. The smallest absolute Gasteiger partial charge is 0.328 e. The molecular weight excluding hydrogens is 367 g/mol. The predicted octanol–water partition coefficient (Wildman–Crippen LogP) is 4.14. The molecule has 6 heteroatoms. The lowest BCUT2D eigenvalue weighted by atomic mass is 10.2. The van der Waals surface area contributed by atoms with Crippen molar-refractivity contribution < 1.29 is 23.8 Å². The summed E-state index contributed by atoms with van der Waals surface area (Å²) < 4.78 is 24.5. The van der Waals surface area contributed by atoms with Crippen LogP contribution in [0.3, 0.4) is 0 Å². The lowest BCUT2D eigenvalue weighted by Gasteiger charge is -2.10. The Bertz CT molecular complexity index is 698. The highest BCUT2D eigenvalue weighted by atomic mass is 79.9. The summed E-state index contributed by atoms with van der Waals surface area (Å²) in [5, 5.41) is 8.59. The molecule has 0 aliphatic rings. The summed E-state index contributed by atoms with van der Waals surface area (Å²) in [7, 11) is 0. The molecule has 0 heterocycles. The van der Waals surface area contributed by atoms with Crippen molar-refractivity contribution in [1.82, 2.24) is 0 Å². The summed E-state index contributed by atoms with van der Waals surface area (Å²) in [5.41, 5.74) is 0.745. The van der Waals surface area contributed by atoms with Gasteiger partial charge in [0.2, 0.25) is 0 Å². The van der Waals surface area contributed by atoms with Gasteiger partial charge in [0.25, 0.3) is 0 Å². The van der Waals surface area contributed by atoms with Gasteiger partial charge >= 0.3 is 5.97 Å². The Morgan fingerprint density at radius 3 is 2.48 bits per heavy atom. The first-order valence-corrected chi connectivity index (χ1v) is 7.55. The summed E-state index contributed by atoms with van der Waals surface area (Å²) in [5.74, 6) is -0.114. The topological polar surface area (TPSA) is 55.8 Å². The van der Waals surface area contributed by atoms with Gasteiger partial charge in [-0.2, -0.15) is 0 Å². The van der Waals surface area contributed by atoms with Crippen molar-refractivity contribution in [1.29, 1.82) is 0 Å². The van der Waals surface area contributed by atoms with Gasteiger partial charge in [-0.25, -0.2) is 9.18 Å². The van der Waals surface area contributed by atoms with E-state index in [1.165, 1.54) is 18.2 Å². The monoisotopic (exact) mass is 380 g/mol. The number of carbonyl (C=O) groups is 1. The van der Waals surface area contributed by atoms with Crippen LogP contribution < -0.4 is 9.47 Å². The van der Waals surface area contributed by atoms with E-state index in [-0.39, 0.29) is 5.82 Å². The Labute approximate surface area is 141 Å². The van der Waals surface area contributed by atoms with E-state index in [0.717, 1.165) is 11.6 Å². The molecule has 0 aliphatic carbocycles. The molecule has 0 spiro atoms. The largest absolute Gasteiger partial charge is 0.490 e. The zero-order valence-corrected chi connectivity index (χ0v) is 13.6. The zero-order valence-electron chi connectivity index (χ0n) is 12.0. The first-order chi connectivity index (χ1) is 11.0. The molecule has 1 N–H and O–H groups in total. The lowest BCUT2D eigenvalue weighted by Crippen LogP contribution is -2.09. The van der Waals surface area contributed by atoms with Crippen LogP contribution in [0.5, 0.6) is 11.5 Å². The second-order valence-electron chi connectivity index (χ2n) is 4.51. The van der Waals surface area contributed by atoms with Gasteiger partial charge in [-0.05, 0) is 64.0 Å². The Kier molecular flexibility index (Phi) is 6.17. The highest BCUT2D eigenvalue weighted by Gasteiger charge is 2.02. The SMILES string of the molecule is O=C(O)C=Cc1ccc(OCCOc2ccc(F)cc2)c(Br)c1. The van der Waals surface area contributed by atoms with Crippen LogP contribution in [-0.4, -0.2) is 24.3 Å². The van der Waals surface area contributed by atoms with Crippen LogP contribution in [-0.2, 0) is 4.79 Å². The Morgan fingerprint density at radius 1 is 1.13 bits per heavy atom. The maximum atomic E-state index is 12.7. The van der Waals surface area contributed by atoms with E-state index in [2.05, 4.69) is 15.9 Å². The number of carboxylic acid groups (broad SMARTS) is 1. The average Bonchev–Trinajstić information content (AvgIpc) is 2.52. The van der Waals surface area contributed by atoms with Gasteiger partial charge in [0, 0.05) is 6.08 Å². The fourth-order valence-corrected chi connectivity index (χ4v) is 2.26. The first-order valence-electron chi connectivity index (χ1n) is 6.76. The molecule has 0 saturated carbocycles. The number of benzene rings is 2. The molecule has 0 saturated heterocycles. The van der Waals surface area contributed by atoms with Crippen LogP contribution in [0.15, 0.2) is 53.0 Å². The molecular formula is C17H14BrFO4. The van der Waals surface area contributed by atoms with Crippen LogP contribution in [0.4, 0.5) is 4.39 Å². The molecule has 0 aromatic heterocycles. The number of hydrogen-bond acceptors (Lipinski definition) is 3. The van der Waals surface area contributed by atoms with Crippen LogP contribution >= 0.6 is 15.9 Å². The summed E-state index contributed by atoms with van der Waals surface area (Å²) in [6.07, 6.45) is 2.56. The molecule has 0 radical (unpaired) electrons. The Balaban J connectivity index is 1.83. The van der Waals surface area contributed by atoms with E-state index in [4.69, 9.17) is 14.6 Å². The highest BCUT2D eigenvalue weighted by Crippen LogP contribution is 2.26. The van der Waals surface area contributed by atoms with Crippen LogP contribution in [0.2, 0.25) is 0 Å². The van der Waals surface area contributed by atoms with Crippen molar-refractivity contribution in [3.05, 3.63) is 64.4 Å². The van der Waals surface area contributed by atoms with Gasteiger partial charge in [0.1, 0.15) is 30.5 Å². The van der Waals surface area contributed by atoms with Crippen LogP contribution in [0.25, 0.3) is 6.08 Å². The van der Waals surface area contributed by atoms with Crippen LogP contribution in [0, 0.1) is 5.82 Å². The number of carboxylic acids is 1. The number of hydrogen-bond donors (Lipinski definition) is 1. The molecule has 0 fully saturated rings. The molecule has 0 atom stereocenters. The van der Waals surface area contributed by atoms with Crippen molar-refractivity contribution in [2.75, 3.05) is 13.2 Å². The molecule has 23 heavy (non-hydrogen) atoms. The lowest BCUT2D eigenvalue weighted by molar-refractivity contribution is -0.131. The van der Waals surface area contributed by atoms with Gasteiger partial charge in [-0.3, -0.25) is 0 Å². The second-order valence-corrected chi connectivity index (χ2v) is 5.37. The molecule has 0 aliphatic heterocycles. The van der Waals surface area contributed by atoms with Crippen molar-refractivity contribution in [2.45, 2.75) is 0 Å². The quantitative estimate of drug-likeness (QED) is 0.579. The molecule has 0 bridgehead atoms.